The second kappa shape index (κ2) is 4.53. The number of nitrogens with zero attached hydrogens (tertiary/aromatic N) is 1. The summed E-state index contributed by atoms with van der Waals surface area (Å²) in [4.78, 5) is 4.43. The van der Waals surface area contributed by atoms with Crippen LogP contribution >= 0.6 is 11.8 Å². The van der Waals surface area contributed by atoms with E-state index in [1.807, 2.05) is 11.8 Å². The maximum atomic E-state index is 5.70. The third-order valence-electron chi connectivity index (χ3n) is 2.71. The molecule has 0 bridgehead atoms. The van der Waals surface area contributed by atoms with Crippen LogP contribution in [0.3, 0.4) is 0 Å². The van der Waals surface area contributed by atoms with Gasteiger partial charge < -0.3 is 10.1 Å². The molecular weight excluding hydrogens is 196 g/mol. The van der Waals surface area contributed by atoms with Crippen LogP contribution in [0.2, 0.25) is 0 Å². The molecule has 0 aromatic rings. The van der Waals surface area contributed by atoms with Gasteiger partial charge in [0.25, 0.3) is 0 Å². The molecule has 0 aromatic heterocycles. The summed E-state index contributed by atoms with van der Waals surface area (Å²) in [6.45, 7) is 4.98. The molecule has 1 fully saturated rings. The number of nitrogens with one attached hydrogen (secondary N) is 1. The van der Waals surface area contributed by atoms with Crippen molar-refractivity contribution >= 4 is 16.9 Å². The van der Waals surface area contributed by atoms with E-state index in [9.17, 15) is 0 Å². The van der Waals surface area contributed by atoms with E-state index in [4.69, 9.17) is 4.74 Å². The number of thioether (sulfide) groups is 1. The Morgan fingerprint density at radius 3 is 3.14 bits per heavy atom. The highest BCUT2D eigenvalue weighted by molar-refractivity contribution is 8.13. The first kappa shape index (κ1) is 10.3. The van der Waals surface area contributed by atoms with Crippen LogP contribution < -0.4 is 5.32 Å². The number of hydrogen-bond donors (Lipinski definition) is 1. The van der Waals surface area contributed by atoms with Crippen LogP contribution in [0.15, 0.2) is 4.99 Å². The molecule has 0 aliphatic carbocycles. The van der Waals surface area contributed by atoms with Crippen molar-refractivity contribution in [2.75, 3.05) is 25.4 Å². The highest BCUT2D eigenvalue weighted by Crippen LogP contribution is 2.24. The Bertz CT molecular complexity index is 224. The van der Waals surface area contributed by atoms with Crippen LogP contribution in [0.25, 0.3) is 0 Å². The minimum Gasteiger partial charge on any atom is -0.373 e. The molecule has 0 spiro atoms. The van der Waals surface area contributed by atoms with Gasteiger partial charge in [-0.3, -0.25) is 4.99 Å². The molecule has 2 aliphatic rings. The fourth-order valence-electron chi connectivity index (χ4n) is 1.81. The lowest BCUT2D eigenvalue weighted by Crippen LogP contribution is -2.39. The summed E-state index contributed by atoms with van der Waals surface area (Å²) in [7, 11) is 0. The van der Waals surface area contributed by atoms with E-state index < -0.39 is 0 Å². The van der Waals surface area contributed by atoms with E-state index in [0.717, 1.165) is 31.3 Å². The van der Waals surface area contributed by atoms with Crippen molar-refractivity contribution < 1.29 is 4.74 Å². The summed E-state index contributed by atoms with van der Waals surface area (Å²) in [5.41, 5.74) is 0.0422. The Labute approximate surface area is 89.7 Å². The Kier molecular flexibility index (Phi) is 3.34. The van der Waals surface area contributed by atoms with Crippen LogP contribution in [0.1, 0.15) is 26.2 Å². The summed E-state index contributed by atoms with van der Waals surface area (Å²) < 4.78 is 5.70. The topological polar surface area (TPSA) is 33.6 Å². The number of hydrogen-bond acceptors (Lipinski definition) is 4. The van der Waals surface area contributed by atoms with Crippen molar-refractivity contribution in [2.24, 2.45) is 4.99 Å². The first-order chi connectivity index (χ1) is 6.79. The molecule has 14 heavy (non-hydrogen) atoms. The van der Waals surface area contributed by atoms with Gasteiger partial charge in [-0.05, 0) is 26.2 Å². The lowest BCUT2D eigenvalue weighted by molar-refractivity contribution is 0.0246. The monoisotopic (exact) mass is 214 g/mol. The molecule has 1 unspecified atom stereocenters. The van der Waals surface area contributed by atoms with Crippen molar-refractivity contribution in [1.82, 2.24) is 5.32 Å². The third-order valence-corrected chi connectivity index (χ3v) is 3.75. The molecule has 1 saturated heterocycles. The average Bonchev–Trinajstić information content (AvgIpc) is 2.65. The second-order valence-electron chi connectivity index (χ2n) is 4.14. The molecule has 0 radical (unpaired) electrons. The first-order valence-corrected chi connectivity index (χ1v) is 6.32. The first-order valence-electron chi connectivity index (χ1n) is 5.34. The molecular formula is C10H18N2OS. The number of amidine groups is 1. The van der Waals surface area contributed by atoms with E-state index >= 15 is 0 Å². The fraction of sp³-hybridized carbons (Fsp3) is 0.900. The SMILES string of the molecule is CC1(CNC2=NCCCS2)CCCO1. The third kappa shape index (κ3) is 2.64. The van der Waals surface area contributed by atoms with Crippen molar-refractivity contribution in [3.63, 3.8) is 0 Å². The van der Waals surface area contributed by atoms with E-state index in [0.29, 0.717) is 0 Å². The zero-order chi connectivity index (χ0) is 9.86. The zero-order valence-corrected chi connectivity index (χ0v) is 9.53. The maximum Gasteiger partial charge on any atom is 0.156 e. The quantitative estimate of drug-likeness (QED) is 0.758. The maximum absolute atomic E-state index is 5.70. The molecule has 4 heteroatoms. The van der Waals surface area contributed by atoms with Crippen molar-refractivity contribution in [2.45, 2.75) is 31.8 Å². The van der Waals surface area contributed by atoms with Gasteiger partial charge in [-0.25, -0.2) is 0 Å². The predicted molar refractivity (Wildman–Crippen MR) is 61.0 cm³/mol. The fourth-order valence-corrected chi connectivity index (χ4v) is 2.63. The highest BCUT2D eigenvalue weighted by Gasteiger charge is 2.29. The highest BCUT2D eigenvalue weighted by atomic mass is 32.2. The second-order valence-corrected chi connectivity index (χ2v) is 5.23. The normalized spacial score (nSPS) is 32.8. The van der Waals surface area contributed by atoms with Crippen molar-refractivity contribution in [3.8, 4) is 0 Å². The molecule has 2 rings (SSSR count). The van der Waals surface area contributed by atoms with E-state index in [1.54, 1.807) is 0 Å². The van der Waals surface area contributed by atoms with Gasteiger partial charge >= 0.3 is 0 Å². The number of rotatable bonds is 2. The van der Waals surface area contributed by atoms with Crippen molar-refractivity contribution in [1.29, 1.82) is 0 Å². The molecule has 0 amide bonds. The summed E-state index contributed by atoms with van der Waals surface area (Å²) in [5.74, 6) is 1.20. The Hall–Kier alpha value is -0.220. The standard InChI is InChI=1S/C10H18N2OS/c1-10(4-2-6-13-10)8-12-9-11-5-3-7-14-9/h2-8H2,1H3,(H,11,12). The van der Waals surface area contributed by atoms with Crippen LogP contribution in [-0.2, 0) is 4.74 Å². The van der Waals surface area contributed by atoms with Gasteiger partial charge in [0.05, 0.1) is 5.60 Å². The average molecular weight is 214 g/mol. The van der Waals surface area contributed by atoms with Crippen LogP contribution in [0.4, 0.5) is 0 Å². The summed E-state index contributed by atoms with van der Waals surface area (Å²) in [5, 5.41) is 4.50. The Morgan fingerprint density at radius 1 is 1.57 bits per heavy atom. The number of ether oxygens (including phenoxy) is 1. The van der Waals surface area contributed by atoms with Gasteiger partial charge in [0.15, 0.2) is 5.17 Å². The summed E-state index contributed by atoms with van der Waals surface area (Å²) in [6, 6.07) is 0. The summed E-state index contributed by atoms with van der Waals surface area (Å²) in [6.07, 6.45) is 3.57. The van der Waals surface area contributed by atoms with Gasteiger partial charge in [0, 0.05) is 25.4 Å². The van der Waals surface area contributed by atoms with Crippen LogP contribution in [0, 0.1) is 0 Å². The zero-order valence-electron chi connectivity index (χ0n) is 8.71. The van der Waals surface area contributed by atoms with Gasteiger partial charge in [-0.2, -0.15) is 0 Å². The van der Waals surface area contributed by atoms with Gasteiger partial charge in [0.2, 0.25) is 0 Å². The molecule has 2 heterocycles. The molecule has 2 aliphatic heterocycles. The van der Waals surface area contributed by atoms with E-state index in [2.05, 4.69) is 17.2 Å². The van der Waals surface area contributed by atoms with Crippen LogP contribution in [-0.4, -0.2) is 36.2 Å². The van der Waals surface area contributed by atoms with E-state index in [1.165, 1.54) is 18.6 Å². The Morgan fingerprint density at radius 2 is 2.50 bits per heavy atom. The molecule has 80 valence electrons. The lowest BCUT2D eigenvalue weighted by Gasteiger charge is -2.25. The molecule has 1 atom stereocenters. The number of aliphatic imine (C=N–C) groups is 1. The van der Waals surface area contributed by atoms with Crippen LogP contribution in [0.5, 0.6) is 0 Å². The summed E-state index contributed by atoms with van der Waals surface area (Å²) >= 11 is 1.83. The minimum atomic E-state index is 0.0422. The molecule has 3 nitrogen and oxygen atoms in total. The Balaban J connectivity index is 1.78. The lowest BCUT2D eigenvalue weighted by atomic mass is 10.0. The predicted octanol–water partition coefficient (Wildman–Crippen LogP) is 1.64. The minimum absolute atomic E-state index is 0.0422. The smallest absolute Gasteiger partial charge is 0.156 e. The van der Waals surface area contributed by atoms with E-state index in [-0.39, 0.29) is 5.60 Å². The van der Waals surface area contributed by atoms with Gasteiger partial charge in [-0.15, -0.1) is 0 Å². The molecule has 0 saturated carbocycles. The van der Waals surface area contributed by atoms with Crippen molar-refractivity contribution in [3.05, 3.63) is 0 Å². The molecule has 0 aromatic carbocycles. The largest absolute Gasteiger partial charge is 0.373 e. The molecule has 1 N–H and O–H groups in total. The van der Waals surface area contributed by atoms with Gasteiger partial charge in [-0.1, -0.05) is 11.8 Å². The van der Waals surface area contributed by atoms with Gasteiger partial charge in [0.1, 0.15) is 0 Å².